The van der Waals surface area contributed by atoms with Crippen LogP contribution in [-0.2, 0) is 11.3 Å². The van der Waals surface area contributed by atoms with E-state index in [1.165, 1.54) is 0 Å². The summed E-state index contributed by atoms with van der Waals surface area (Å²) in [6.45, 7) is 0.238. The second-order valence-electron chi connectivity index (χ2n) is 7.14. The third-order valence-electron chi connectivity index (χ3n) is 5.45. The van der Waals surface area contributed by atoms with E-state index in [1.807, 2.05) is 48.5 Å². The van der Waals surface area contributed by atoms with Crippen LogP contribution in [0.15, 0.2) is 77.3 Å². The number of ether oxygens (including phenoxy) is 1. The van der Waals surface area contributed by atoms with Crippen LogP contribution in [0.4, 0.5) is 0 Å². The van der Waals surface area contributed by atoms with E-state index in [1.54, 1.807) is 36.3 Å². The Bertz CT molecular complexity index is 1100. The van der Waals surface area contributed by atoms with Gasteiger partial charge in [0.2, 0.25) is 0 Å². The van der Waals surface area contributed by atoms with Crippen molar-refractivity contribution >= 4 is 27.8 Å². The summed E-state index contributed by atoms with van der Waals surface area (Å²) in [6.07, 6.45) is 0. The average molecular weight is 466 g/mol. The van der Waals surface area contributed by atoms with Crippen LogP contribution in [0, 0.1) is 0 Å². The van der Waals surface area contributed by atoms with Crippen molar-refractivity contribution in [3.05, 3.63) is 99.5 Å². The van der Waals surface area contributed by atoms with Crippen LogP contribution in [-0.4, -0.2) is 29.0 Å². The SMILES string of the molecule is COc1ccccc1CN1C(=O)c2ccccc2C(C(=O)O)C1c1ccc(Br)cc1. The Balaban J connectivity index is 1.89. The van der Waals surface area contributed by atoms with E-state index in [-0.39, 0.29) is 12.5 Å². The molecule has 30 heavy (non-hydrogen) atoms. The summed E-state index contributed by atoms with van der Waals surface area (Å²) in [6, 6.07) is 21.2. The molecule has 3 aromatic rings. The average Bonchev–Trinajstić information content (AvgIpc) is 2.76. The number of rotatable bonds is 5. The molecule has 0 radical (unpaired) electrons. The van der Waals surface area contributed by atoms with E-state index in [4.69, 9.17) is 4.74 Å². The number of hydrogen-bond acceptors (Lipinski definition) is 3. The standard InChI is InChI=1S/C24H20BrNO4/c1-30-20-9-5-2-6-16(20)14-26-22(15-10-12-17(25)13-11-15)21(24(28)29)18-7-3-4-8-19(18)23(26)27/h2-13,21-22H,14H2,1H3,(H,28,29). The molecule has 0 spiro atoms. The Morgan fingerprint density at radius 1 is 1.03 bits per heavy atom. The van der Waals surface area contributed by atoms with Gasteiger partial charge in [-0.25, -0.2) is 0 Å². The predicted octanol–water partition coefficient (Wildman–Crippen LogP) is 5.02. The highest BCUT2D eigenvalue weighted by atomic mass is 79.9. The number of halogens is 1. The molecule has 5 nitrogen and oxygen atoms in total. The Hall–Kier alpha value is -3.12. The minimum atomic E-state index is -0.965. The first-order valence-electron chi connectivity index (χ1n) is 9.51. The lowest BCUT2D eigenvalue weighted by atomic mass is 9.79. The summed E-state index contributed by atoms with van der Waals surface area (Å²) in [5.74, 6) is -1.38. The van der Waals surface area contributed by atoms with Crippen molar-refractivity contribution in [3.8, 4) is 5.75 Å². The number of nitrogens with zero attached hydrogens (tertiary/aromatic N) is 1. The van der Waals surface area contributed by atoms with Crippen molar-refractivity contribution in [1.82, 2.24) is 4.90 Å². The van der Waals surface area contributed by atoms with E-state index in [9.17, 15) is 14.7 Å². The zero-order chi connectivity index (χ0) is 21.3. The quantitative estimate of drug-likeness (QED) is 0.574. The van der Waals surface area contributed by atoms with Gasteiger partial charge in [0.15, 0.2) is 0 Å². The molecule has 1 aliphatic heterocycles. The summed E-state index contributed by atoms with van der Waals surface area (Å²) in [7, 11) is 1.58. The molecule has 2 atom stereocenters. The van der Waals surface area contributed by atoms with E-state index >= 15 is 0 Å². The number of aliphatic carboxylic acids is 1. The minimum absolute atomic E-state index is 0.193. The van der Waals surface area contributed by atoms with Gasteiger partial charge in [-0.05, 0) is 35.4 Å². The molecule has 0 saturated heterocycles. The fourth-order valence-electron chi connectivity index (χ4n) is 4.08. The highest BCUT2D eigenvalue weighted by Gasteiger charge is 2.44. The number of para-hydroxylation sites is 1. The van der Waals surface area contributed by atoms with Crippen molar-refractivity contribution in [2.45, 2.75) is 18.5 Å². The summed E-state index contributed by atoms with van der Waals surface area (Å²) < 4.78 is 6.35. The molecule has 0 saturated carbocycles. The molecule has 4 rings (SSSR count). The van der Waals surface area contributed by atoms with Crippen LogP contribution in [0.1, 0.15) is 39.0 Å². The van der Waals surface area contributed by atoms with E-state index in [0.717, 1.165) is 15.6 Å². The molecule has 1 N–H and O–H groups in total. The summed E-state index contributed by atoms with van der Waals surface area (Å²) in [5.41, 5.74) is 2.55. The van der Waals surface area contributed by atoms with Crippen LogP contribution >= 0.6 is 15.9 Å². The summed E-state index contributed by atoms with van der Waals surface area (Å²) >= 11 is 3.43. The second-order valence-corrected chi connectivity index (χ2v) is 8.06. The zero-order valence-corrected chi connectivity index (χ0v) is 17.9. The predicted molar refractivity (Wildman–Crippen MR) is 117 cm³/mol. The molecule has 2 unspecified atom stereocenters. The lowest BCUT2D eigenvalue weighted by Gasteiger charge is -2.41. The van der Waals surface area contributed by atoms with Crippen molar-refractivity contribution in [1.29, 1.82) is 0 Å². The Morgan fingerprint density at radius 2 is 1.70 bits per heavy atom. The van der Waals surface area contributed by atoms with E-state index < -0.39 is 17.9 Å². The maximum Gasteiger partial charge on any atom is 0.313 e. The molecule has 1 amide bonds. The molecule has 0 aromatic heterocycles. The Morgan fingerprint density at radius 3 is 2.40 bits per heavy atom. The van der Waals surface area contributed by atoms with Crippen LogP contribution in [0.5, 0.6) is 5.75 Å². The molecule has 3 aromatic carbocycles. The topological polar surface area (TPSA) is 66.8 Å². The largest absolute Gasteiger partial charge is 0.496 e. The summed E-state index contributed by atoms with van der Waals surface area (Å²) in [5, 5.41) is 10.2. The fourth-order valence-corrected chi connectivity index (χ4v) is 4.35. The van der Waals surface area contributed by atoms with Gasteiger partial charge in [-0.3, -0.25) is 9.59 Å². The number of methoxy groups -OCH3 is 1. The maximum absolute atomic E-state index is 13.5. The number of carbonyl (C=O) groups is 2. The van der Waals surface area contributed by atoms with Crippen molar-refractivity contribution < 1.29 is 19.4 Å². The molecule has 152 valence electrons. The van der Waals surface area contributed by atoms with Crippen molar-refractivity contribution in [2.75, 3.05) is 7.11 Å². The second kappa shape index (κ2) is 8.32. The first-order chi connectivity index (χ1) is 14.5. The molecule has 1 heterocycles. The van der Waals surface area contributed by atoms with Crippen LogP contribution in [0.2, 0.25) is 0 Å². The van der Waals surface area contributed by atoms with Gasteiger partial charge in [-0.1, -0.05) is 64.5 Å². The third-order valence-corrected chi connectivity index (χ3v) is 5.98. The number of benzene rings is 3. The normalized spacial score (nSPS) is 18.1. The third kappa shape index (κ3) is 3.59. The van der Waals surface area contributed by atoms with Gasteiger partial charge in [-0.15, -0.1) is 0 Å². The number of carbonyl (C=O) groups excluding carboxylic acids is 1. The lowest BCUT2D eigenvalue weighted by Crippen LogP contribution is -2.44. The minimum Gasteiger partial charge on any atom is -0.496 e. The van der Waals surface area contributed by atoms with Crippen LogP contribution in [0.3, 0.4) is 0 Å². The molecule has 6 heteroatoms. The fraction of sp³-hybridized carbons (Fsp3) is 0.167. The smallest absolute Gasteiger partial charge is 0.313 e. The highest BCUT2D eigenvalue weighted by Crippen LogP contribution is 2.44. The van der Waals surface area contributed by atoms with Gasteiger partial charge >= 0.3 is 5.97 Å². The maximum atomic E-state index is 13.5. The first-order valence-corrected chi connectivity index (χ1v) is 10.3. The van der Waals surface area contributed by atoms with Gasteiger partial charge in [-0.2, -0.15) is 0 Å². The van der Waals surface area contributed by atoms with Gasteiger partial charge < -0.3 is 14.7 Å². The van der Waals surface area contributed by atoms with Crippen LogP contribution in [0.25, 0.3) is 0 Å². The lowest BCUT2D eigenvalue weighted by molar-refractivity contribution is -0.140. The number of hydrogen-bond donors (Lipinski definition) is 1. The van der Waals surface area contributed by atoms with Gasteiger partial charge in [0, 0.05) is 15.6 Å². The van der Waals surface area contributed by atoms with Gasteiger partial charge in [0.05, 0.1) is 19.7 Å². The van der Waals surface area contributed by atoms with E-state index in [2.05, 4.69) is 15.9 Å². The van der Waals surface area contributed by atoms with Gasteiger partial charge in [0.1, 0.15) is 11.7 Å². The molecule has 0 aliphatic carbocycles. The molecule has 0 bridgehead atoms. The zero-order valence-electron chi connectivity index (χ0n) is 16.3. The molecule has 0 fully saturated rings. The van der Waals surface area contributed by atoms with Crippen LogP contribution < -0.4 is 4.74 Å². The number of carboxylic acids is 1. The number of amides is 1. The molecule has 1 aliphatic rings. The van der Waals surface area contributed by atoms with Crippen molar-refractivity contribution in [3.63, 3.8) is 0 Å². The van der Waals surface area contributed by atoms with Gasteiger partial charge in [0.25, 0.3) is 5.91 Å². The monoisotopic (exact) mass is 465 g/mol. The number of fused-ring (bicyclic) bond motifs is 1. The number of carboxylic acid groups (broad SMARTS) is 1. The molecular formula is C24H20BrNO4. The molecular weight excluding hydrogens is 446 g/mol. The van der Waals surface area contributed by atoms with Crippen molar-refractivity contribution in [2.24, 2.45) is 0 Å². The summed E-state index contributed by atoms with van der Waals surface area (Å²) in [4.78, 5) is 27.6. The van der Waals surface area contributed by atoms with E-state index in [0.29, 0.717) is 16.9 Å². The highest BCUT2D eigenvalue weighted by molar-refractivity contribution is 9.10. The Kier molecular flexibility index (Phi) is 5.59. The first kappa shape index (κ1) is 20.2. The Labute approximate surface area is 183 Å².